The molecule has 1 aliphatic heterocycles. The lowest BCUT2D eigenvalue weighted by Crippen LogP contribution is -2.50. The van der Waals surface area contributed by atoms with Crippen LogP contribution in [-0.2, 0) is 9.59 Å². The second-order valence-corrected chi connectivity index (χ2v) is 5.74. The molecule has 23 heavy (non-hydrogen) atoms. The number of hydrogen-bond acceptors (Lipinski definition) is 3. The van der Waals surface area contributed by atoms with Crippen LogP contribution in [0.15, 0.2) is 30.3 Å². The Labute approximate surface area is 143 Å². The van der Waals surface area contributed by atoms with Crippen LogP contribution in [0.3, 0.4) is 0 Å². The van der Waals surface area contributed by atoms with E-state index in [4.69, 9.17) is 5.11 Å². The highest BCUT2D eigenvalue weighted by atomic mass is 35.5. The van der Waals surface area contributed by atoms with Gasteiger partial charge in [-0.3, -0.25) is 14.5 Å². The quantitative estimate of drug-likeness (QED) is 0.895. The molecule has 1 aliphatic rings. The fourth-order valence-electron chi connectivity index (χ4n) is 2.99. The van der Waals surface area contributed by atoms with Crippen LogP contribution in [-0.4, -0.2) is 47.6 Å². The van der Waals surface area contributed by atoms with Crippen molar-refractivity contribution in [2.45, 2.75) is 32.7 Å². The number of carboxylic acids is 1. The third-order valence-electron chi connectivity index (χ3n) is 4.43. The van der Waals surface area contributed by atoms with E-state index in [-0.39, 0.29) is 30.3 Å². The second-order valence-electron chi connectivity index (χ2n) is 5.74. The monoisotopic (exact) mass is 340 g/mol. The van der Waals surface area contributed by atoms with E-state index in [9.17, 15) is 9.59 Å². The molecule has 0 aliphatic carbocycles. The van der Waals surface area contributed by atoms with Crippen molar-refractivity contribution in [1.82, 2.24) is 4.90 Å². The number of likely N-dealkylation sites (tertiary alicyclic amines) is 1. The number of amides is 1. The first-order valence-corrected chi connectivity index (χ1v) is 7.87. The Hall–Kier alpha value is -1.59. The summed E-state index contributed by atoms with van der Waals surface area (Å²) in [5.74, 6) is -0.921. The Morgan fingerprint density at radius 2 is 1.83 bits per heavy atom. The molecule has 1 heterocycles. The first kappa shape index (κ1) is 19.5. The number of anilines is 1. The van der Waals surface area contributed by atoms with Crippen LogP contribution >= 0.6 is 12.4 Å². The van der Waals surface area contributed by atoms with Crippen LogP contribution < -0.4 is 4.90 Å². The van der Waals surface area contributed by atoms with E-state index in [1.807, 2.05) is 44.2 Å². The van der Waals surface area contributed by atoms with Gasteiger partial charge in [-0.1, -0.05) is 18.2 Å². The minimum Gasteiger partial charge on any atom is -0.481 e. The smallest absolute Gasteiger partial charge is 0.306 e. The van der Waals surface area contributed by atoms with Crippen LogP contribution in [0.4, 0.5) is 5.69 Å². The van der Waals surface area contributed by atoms with Crippen LogP contribution in [0.25, 0.3) is 0 Å². The van der Waals surface area contributed by atoms with Gasteiger partial charge in [0.25, 0.3) is 0 Å². The number of carbonyl (C=O) groups excluding carboxylic acids is 1. The predicted molar refractivity (Wildman–Crippen MR) is 93.1 cm³/mol. The van der Waals surface area contributed by atoms with Gasteiger partial charge in [-0.25, -0.2) is 0 Å². The summed E-state index contributed by atoms with van der Waals surface area (Å²) in [5, 5.41) is 9.05. The first-order chi connectivity index (χ1) is 10.5. The van der Waals surface area contributed by atoms with Crippen LogP contribution in [0.2, 0.25) is 0 Å². The average molecular weight is 341 g/mol. The van der Waals surface area contributed by atoms with Crippen molar-refractivity contribution in [2.75, 3.05) is 24.5 Å². The van der Waals surface area contributed by atoms with Gasteiger partial charge >= 0.3 is 5.97 Å². The number of carbonyl (C=O) groups is 2. The zero-order valence-corrected chi connectivity index (χ0v) is 14.5. The molecule has 2 rings (SSSR count). The zero-order chi connectivity index (χ0) is 16.1. The van der Waals surface area contributed by atoms with Gasteiger partial charge in [0, 0.05) is 12.2 Å². The number of para-hydroxylation sites is 1. The SMILES string of the molecule is CCN(C(=O)C(C)N1CCC(C(=O)O)CC1)c1ccccc1.Cl. The number of hydrogen-bond donors (Lipinski definition) is 1. The lowest BCUT2D eigenvalue weighted by atomic mass is 9.96. The highest BCUT2D eigenvalue weighted by Gasteiger charge is 2.31. The maximum absolute atomic E-state index is 12.8. The lowest BCUT2D eigenvalue weighted by Gasteiger charge is -2.36. The second kappa shape index (κ2) is 8.89. The number of rotatable bonds is 5. The number of piperidine rings is 1. The number of aliphatic carboxylic acids is 1. The maximum Gasteiger partial charge on any atom is 0.306 e. The normalized spacial score (nSPS) is 17.1. The average Bonchev–Trinajstić information content (AvgIpc) is 2.56. The summed E-state index contributed by atoms with van der Waals surface area (Å²) < 4.78 is 0. The molecule has 0 radical (unpaired) electrons. The van der Waals surface area contributed by atoms with Crippen molar-refractivity contribution >= 4 is 30.0 Å². The number of halogens is 1. The molecule has 1 saturated heterocycles. The fraction of sp³-hybridized carbons (Fsp3) is 0.529. The first-order valence-electron chi connectivity index (χ1n) is 7.87. The molecule has 1 aromatic carbocycles. The van der Waals surface area contributed by atoms with Gasteiger partial charge < -0.3 is 10.0 Å². The summed E-state index contributed by atoms with van der Waals surface area (Å²) in [7, 11) is 0. The van der Waals surface area contributed by atoms with Crippen LogP contribution in [0.1, 0.15) is 26.7 Å². The van der Waals surface area contributed by atoms with E-state index >= 15 is 0 Å². The molecule has 5 nitrogen and oxygen atoms in total. The van der Waals surface area contributed by atoms with Crippen molar-refractivity contribution in [2.24, 2.45) is 5.92 Å². The summed E-state index contributed by atoms with van der Waals surface area (Å²) in [6.45, 7) is 5.83. The predicted octanol–water partition coefficient (Wildman–Crippen LogP) is 2.65. The van der Waals surface area contributed by atoms with E-state index < -0.39 is 5.97 Å². The third-order valence-corrected chi connectivity index (χ3v) is 4.43. The Bertz CT molecular complexity index is 516. The molecule has 0 saturated carbocycles. The maximum atomic E-state index is 12.8. The third kappa shape index (κ3) is 4.69. The van der Waals surface area contributed by atoms with Crippen molar-refractivity contribution in [3.05, 3.63) is 30.3 Å². The molecular weight excluding hydrogens is 316 g/mol. The number of nitrogens with zero attached hydrogens (tertiary/aromatic N) is 2. The van der Waals surface area contributed by atoms with Crippen molar-refractivity contribution in [1.29, 1.82) is 0 Å². The fourth-order valence-corrected chi connectivity index (χ4v) is 2.99. The minimum atomic E-state index is -0.724. The summed E-state index contributed by atoms with van der Waals surface area (Å²) >= 11 is 0. The van der Waals surface area contributed by atoms with Gasteiger partial charge in [-0.05, 0) is 51.9 Å². The van der Waals surface area contributed by atoms with Crippen molar-refractivity contribution in [3.63, 3.8) is 0 Å². The molecule has 128 valence electrons. The van der Waals surface area contributed by atoms with Gasteiger partial charge in [0.15, 0.2) is 0 Å². The topological polar surface area (TPSA) is 60.9 Å². The largest absolute Gasteiger partial charge is 0.481 e. The molecule has 1 N–H and O–H groups in total. The molecule has 1 unspecified atom stereocenters. The molecule has 0 bridgehead atoms. The summed E-state index contributed by atoms with van der Waals surface area (Å²) in [6.07, 6.45) is 1.23. The minimum absolute atomic E-state index is 0. The molecule has 1 fully saturated rings. The highest BCUT2D eigenvalue weighted by Crippen LogP contribution is 2.21. The van der Waals surface area contributed by atoms with E-state index in [2.05, 4.69) is 4.90 Å². The zero-order valence-electron chi connectivity index (χ0n) is 13.6. The Morgan fingerprint density at radius 1 is 1.26 bits per heavy atom. The molecular formula is C17H25ClN2O3. The van der Waals surface area contributed by atoms with E-state index in [0.717, 1.165) is 5.69 Å². The molecule has 0 spiro atoms. The van der Waals surface area contributed by atoms with Gasteiger partial charge in [-0.15, -0.1) is 12.4 Å². The van der Waals surface area contributed by atoms with Gasteiger partial charge in [0.2, 0.25) is 5.91 Å². The molecule has 1 amide bonds. The Balaban J connectivity index is 0.00000264. The number of benzene rings is 1. The lowest BCUT2D eigenvalue weighted by molar-refractivity contribution is -0.143. The Kier molecular flexibility index (Phi) is 7.52. The van der Waals surface area contributed by atoms with Crippen molar-refractivity contribution in [3.8, 4) is 0 Å². The van der Waals surface area contributed by atoms with Gasteiger partial charge in [0.1, 0.15) is 0 Å². The molecule has 1 aromatic rings. The van der Waals surface area contributed by atoms with Gasteiger partial charge in [0.05, 0.1) is 12.0 Å². The number of likely N-dealkylation sites (N-methyl/N-ethyl adjacent to an activating group) is 1. The van der Waals surface area contributed by atoms with Gasteiger partial charge in [-0.2, -0.15) is 0 Å². The summed E-state index contributed by atoms with van der Waals surface area (Å²) in [6, 6.07) is 9.43. The van der Waals surface area contributed by atoms with Crippen molar-refractivity contribution < 1.29 is 14.7 Å². The van der Waals surface area contributed by atoms with E-state index in [1.54, 1.807) is 4.90 Å². The van der Waals surface area contributed by atoms with E-state index in [0.29, 0.717) is 32.5 Å². The van der Waals surface area contributed by atoms with Crippen LogP contribution in [0, 0.1) is 5.92 Å². The summed E-state index contributed by atoms with van der Waals surface area (Å²) in [4.78, 5) is 27.6. The molecule has 0 aromatic heterocycles. The standard InChI is InChI=1S/C17H24N2O3.ClH/c1-3-19(15-7-5-4-6-8-15)16(20)13(2)18-11-9-14(10-12-18)17(21)22;/h4-8,13-14H,3,9-12H2,1-2H3,(H,21,22);1H. The van der Waals surface area contributed by atoms with Crippen LogP contribution in [0.5, 0.6) is 0 Å². The van der Waals surface area contributed by atoms with E-state index in [1.165, 1.54) is 0 Å². The molecule has 1 atom stereocenters. The molecule has 6 heteroatoms. The number of carboxylic acid groups (broad SMARTS) is 1. The Morgan fingerprint density at radius 3 is 2.30 bits per heavy atom. The highest BCUT2D eigenvalue weighted by molar-refractivity contribution is 5.96. The summed E-state index contributed by atoms with van der Waals surface area (Å²) in [5.41, 5.74) is 0.905.